The van der Waals surface area contributed by atoms with Crippen molar-refractivity contribution in [2.24, 2.45) is 0 Å². The van der Waals surface area contributed by atoms with E-state index in [1.807, 2.05) is 13.8 Å². The molecule has 16 heavy (non-hydrogen) atoms. The van der Waals surface area contributed by atoms with E-state index in [1.165, 1.54) is 6.07 Å². The number of halogens is 1. The molecule has 0 fully saturated rings. The van der Waals surface area contributed by atoms with E-state index < -0.39 is 5.60 Å². The topological polar surface area (TPSA) is 29.5 Å². The van der Waals surface area contributed by atoms with Crippen LogP contribution in [0.4, 0.5) is 4.39 Å². The lowest BCUT2D eigenvalue weighted by Gasteiger charge is -2.18. The monoisotopic (exact) mass is 226 g/mol. The Kier molecular flexibility index (Phi) is 3.92. The fraction of sp³-hybridized carbons (Fsp3) is 0.538. The third-order valence-electron chi connectivity index (χ3n) is 2.19. The minimum atomic E-state index is -0.910. The summed E-state index contributed by atoms with van der Waals surface area (Å²) in [6.07, 6.45) is 0. The number of rotatable bonds is 4. The van der Waals surface area contributed by atoms with Gasteiger partial charge >= 0.3 is 0 Å². The molecule has 2 nitrogen and oxygen atoms in total. The number of ether oxygens (including phenoxy) is 1. The van der Waals surface area contributed by atoms with E-state index in [0.29, 0.717) is 11.3 Å². The molecule has 0 aliphatic heterocycles. The van der Waals surface area contributed by atoms with Gasteiger partial charge in [-0.1, -0.05) is 19.9 Å². The smallest absolute Gasteiger partial charge is 0.130 e. The van der Waals surface area contributed by atoms with Crippen molar-refractivity contribution in [1.29, 1.82) is 0 Å². The predicted octanol–water partition coefficient (Wildman–Crippen LogP) is 3.10. The quantitative estimate of drug-likeness (QED) is 0.854. The summed E-state index contributed by atoms with van der Waals surface area (Å²) in [7, 11) is 0. The first-order chi connectivity index (χ1) is 7.29. The van der Waals surface area contributed by atoms with E-state index in [9.17, 15) is 9.50 Å². The van der Waals surface area contributed by atoms with Gasteiger partial charge in [0.05, 0.1) is 5.60 Å². The van der Waals surface area contributed by atoms with Gasteiger partial charge in [-0.05, 0) is 31.4 Å². The summed E-state index contributed by atoms with van der Waals surface area (Å²) in [6.45, 7) is 7.32. The molecule has 0 radical (unpaired) electrons. The van der Waals surface area contributed by atoms with Crippen molar-refractivity contribution >= 4 is 0 Å². The number of aliphatic hydroxyl groups is 1. The standard InChI is InChI=1S/C13H19FO2/c1-9(2)11-6-5-10(7-12(11)14)16-8-13(3,4)15/h5-7,9,15H,8H2,1-4H3. The van der Waals surface area contributed by atoms with Gasteiger partial charge in [-0.2, -0.15) is 0 Å². The Hall–Kier alpha value is -1.09. The van der Waals surface area contributed by atoms with Crippen LogP contribution in [-0.4, -0.2) is 17.3 Å². The number of hydrogen-bond acceptors (Lipinski definition) is 2. The van der Waals surface area contributed by atoms with Crippen LogP contribution in [0.1, 0.15) is 39.2 Å². The van der Waals surface area contributed by atoms with E-state index in [4.69, 9.17) is 4.74 Å². The Morgan fingerprint density at radius 1 is 1.38 bits per heavy atom. The Morgan fingerprint density at radius 3 is 2.44 bits per heavy atom. The molecule has 0 bridgehead atoms. The maximum Gasteiger partial charge on any atom is 0.130 e. The minimum Gasteiger partial charge on any atom is -0.491 e. The van der Waals surface area contributed by atoms with Crippen LogP contribution in [0.3, 0.4) is 0 Å². The maximum atomic E-state index is 13.6. The Bertz CT molecular complexity index is 353. The lowest BCUT2D eigenvalue weighted by atomic mass is 10.0. The first-order valence-electron chi connectivity index (χ1n) is 5.44. The van der Waals surface area contributed by atoms with Gasteiger partial charge in [0.15, 0.2) is 0 Å². The van der Waals surface area contributed by atoms with Gasteiger partial charge in [0.25, 0.3) is 0 Å². The number of benzene rings is 1. The molecule has 0 amide bonds. The molecule has 90 valence electrons. The van der Waals surface area contributed by atoms with Gasteiger partial charge in [0.1, 0.15) is 18.2 Å². The highest BCUT2D eigenvalue weighted by molar-refractivity contribution is 5.30. The van der Waals surface area contributed by atoms with Crippen LogP contribution in [0, 0.1) is 5.82 Å². The van der Waals surface area contributed by atoms with Gasteiger partial charge in [-0.25, -0.2) is 4.39 Å². The third-order valence-corrected chi connectivity index (χ3v) is 2.19. The van der Waals surface area contributed by atoms with Crippen molar-refractivity contribution in [3.63, 3.8) is 0 Å². The molecular weight excluding hydrogens is 207 g/mol. The Balaban J connectivity index is 2.74. The Morgan fingerprint density at radius 2 is 2.00 bits per heavy atom. The lowest BCUT2D eigenvalue weighted by molar-refractivity contribution is 0.0283. The van der Waals surface area contributed by atoms with Gasteiger partial charge in [0.2, 0.25) is 0 Å². The molecule has 0 heterocycles. The molecule has 0 aliphatic rings. The van der Waals surface area contributed by atoms with E-state index >= 15 is 0 Å². The predicted molar refractivity (Wildman–Crippen MR) is 62.3 cm³/mol. The molecule has 1 N–H and O–H groups in total. The summed E-state index contributed by atoms with van der Waals surface area (Å²) in [4.78, 5) is 0. The van der Waals surface area contributed by atoms with Crippen molar-refractivity contribution in [1.82, 2.24) is 0 Å². The zero-order valence-electron chi connectivity index (χ0n) is 10.2. The van der Waals surface area contributed by atoms with Crippen LogP contribution < -0.4 is 4.74 Å². The number of hydrogen-bond donors (Lipinski definition) is 1. The normalized spacial score (nSPS) is 11.9. The average molecular weight is 226 g/mol. The largest absolute Gasteiger partial charge is 0.491 e. The fourth-order valence-electron chi connectivity index (χ4n) is 1.33. The zero-order chi connectivity index (χ0) is 12.3. The van der Waals surface area contributed by atoms with E-state index in [-0.39, 0.29) is 18.3 Å². The summed E-state index contributed by atoms with van der Waals surface area (Å²) in [6, 6.07) is 4.81. The molecule has 1 aromatic carbocycles. The van der Waals surface area contributed by atoms with Gasteiger partial charge < -0.3 is 9.84 Å². The zero-order valence-corrected chi connectivity index (χ0v) is 10.2. The fourth-order valence-corrected chi connectivity index (χ4v) is 1.33. The summed E-state index contributed by atoms with van der Waals surface area (Å²) in [5.74, 6) is 0.343. The Labute approximate surface area is 96.1 Å². The molecule has 0 atom stereocenters. The van der Waals surface area contributed by atoms with Crippen molar-refractivity contribution in [2.45, 2.75) is 39.2 Å². The van der Waals surface area contributed by atoms with Crippen LogP contribution in [0.2, 0.25) is 0 Å². The summed E-state index contributed by atoms with van der Waals surface area (Å²) in [5, 5.41) is 9.47. The summed E-state index contributed by atoms with van der Waals surface area (Å²) in [5.41, 5.74) is -0.233. The van der Waals surface area contributed by atoms with Crippen LogP contribution in [0.15, 0.2) is 18.2 Å². The molecular formula is C13H19FO2. The highest BCUT2D eigenvalue weighted by Gasteiger charge is 2.14. The molecule has 0 spiro atoms. The van der Waals surface area contributed by atoms with Crippen LogP contribution in [-0.2, 0) is 0 Å². The highest BCUT2D eigenvalue weighted by atomic mass is 19.1. The van der Waals surface area contributed by atoms with Crippen molar-refractivity contribution in [3.8, 4) is 5.75 Å². The van der Waals surface area contributed by atoms with Gasteiger partial charge in [-0.15, -0.1) is 0 Å². The lowest BCUT2D eigenvalue weighted by Crippen LogP contribution is -2.27. The summed E-state index contributed by atoms with van der Waals surface area (Å²) < 4.78 is 18.9. The first-order valence-corrected chi connectivity index (χ1v) is 5.44. The van der Waals surface area contributed by atoms with Crippen LogP contribution in [0.25, 0.3) is 0 Å². The van der Waals surface area contributed by atoms with Crippen molar-refractivity contribution in [3.05, 3.63) is 29.6 Å². The van der Waals surface area contributed by atoms with E-state index in [2.05, 4.69) is 0 Å². The van der Waals surface area contributed by atoms with E-state index in [1.54, 1.807) is 26.0 Å². The molecule has 0 saturated heterocycles. The molecule has 1 rings (SSSR count). The molecule has 3 heteroatoms. The first kappa shape index (κ1) is 13.0. The van der Waals surface area contributed by atoms with Gasteiger partial charge in [-0.3, -0.25) is 0 Å². The minimum absolute atomic E-state index is 0.146. The van der Waals surface area contributed by atoms with Crippen molar-refractivity contribution in [2.75, 3.05) is 6.61 Å². The second-order valence-corrected chi connectivity index (χ2v) is 4.94. The summed E-state index contributed by atoms with van der Waals surface area (Å²) >= 11 is 0. The molecule has 0 aliphatic carbocycles. The highest BCUT2D eigenvalue weighted by Crippen LogP contribution is 2.23. The van der Waals surface area contributed by atoms with Crippen LogP contribution >= 0.6 is 0 Å². The second kappa shape index (κ2) is 4.83. The third kappa shape index (κ3) is 3.81. The van der Waals surface area contributed by atoms with Gasteiger partial charge in [0, 0.05) is 6.07 Å². The molecule has 1 aromatic rings. The maximum absolute atomic E-state index is 13.6. The molecule has 0 unspecified atom stereocenters. The average Bonchev–Trinajstić information content (AvgIpc) is 2.13. The van der Waals surface area contributed by atoms with Crippen LogP contribution in [0.5, 0.6) is 5.75 Å². The van der Waals surface area contributed by atoms with Crippen molar-refractivity contribution < 1.29 is 14.2 Å². The SMILES string of the molecule is CC(C)c1ccc(OCC(C)(C)O)cc1F. The molecule has 0 saturated carbocycles. The molecule has 0 aromatic heterocycles. The van der Waals surface area contributed by atoms with E-state index in [0.717, 1.165) is 0 Å². The second-order valence-electron chi connectivity index (χ2n) is 4.94.